The number of amides is 3. The number of alkyl halides is 3. The maximum Gasteiger partial charge on any atom is 0.406 e. The van der Waals surface area contributed by atoms with Gasteiger partial charge in [0.25, 0.3) is 0 Å². The summed E-state index contributed by atoms with van der Waals surface area (Å²) in [6, 6.07) is -0.534. The average Bonchev–Trinajstić information content (AvgIpc) is 2.63. The molecule has 7 nitrogen and oxygen atoms in total. The molecule has 3 heterocycles. The second-order valence-electron chi connectivity index (χ2n) is 6.94. The molecule has 0 unspecified atom stereocenters. The molecule has 1 atom stereocenters. The summed E-state index contributed by atoms with van der Waals surface area (Å²) in [5.41, 5.74) is 0. The highest BCUT2D eigenvalue weighted by molar-refractivity contribution is 5.82. The molecule has 10 heteroatoms. The molecule has 0 radical (unpaired) electrons. The van der Waals surface area contributed by atoms with Gasteiger partial charge in [0.2, 0.25) is 5.91 Å². The van der Waals surface area contributed by atoms with Gasteiger partial charge in [0.15, 0.2) is 0 Å². The first kappa shape index (κ1) is 19.2. The highest BCUT2D eigenvalue weighted by Gasteiger charge is 2.40. The van der Waals surface area contributed by atoms with Crippen LogP contribution in [0.2, 0.25) is 0 Å². The fraction of sp³-hybridized carbons (Fsp3) is 0.875. The normalized spacial score (nSPS) is 26.3. The third-order valence-electron chi connectivity index (χ3n) is 5.18. The van der Waals surface area contributed by atoms with Gasteiger partial charge in [-0.1, -0.05) is 0 Å². The molecule has 3 rings (SSSR count). The van der Waals surface area contributed by atoms with Gasteiger partial charge in [0.1, 0.15) is 6.54 Å². The predicted molar refractivity (Wildman–Crippen MR) is 86.6 cm³/mol. The Labute approximate surface area is 150 Å². The molecule has 0 N–H and O–H groups in total. The number of halogens is 3. The summed E-state index contributed by atoms with van der Waals surface area (Å²) < 4.78 is 43.2. The van der Waals surface area contributed by atoms with E-state index >= 15 is 0 Å². The van der Waals surface area contributed by atoms with Crippen molar-refractivity contribution in [1.82, 2.24) is 19.6 Å². The number of hydrogen-bond acceptors (Lipinski definition) is 4. The minimum atomic E-state index is -4.37. The van der Waals surface area contributed by atoms with Crippen molar-refractivity contribution in [3.05, 3.63) is 0 Å². The Hall–Kier alpha value is -1.55. The van der Waals surface area contributed by atoms with Crippen molar-refractivity contribution in [1.29, 1.82) is 0 Å². The van der Waals surface area contributed by atoms with Gasteiger partial charge in [-0.2, -0.15) is 13.2 Å². The van der Waals surface area contributed by atoms with E-state index in [4.69, 9.17) is 4.74 Å². The van der Waals surface area contributed by atoms with Gasteiger partial charge in [-0.15, -0.1) is 0 Å². The number of urea groups is 1. The zero-order chi connectivity index (χ0) is 18.7. The molecule has 0 spiro atoms. The lowest BCUT2D eigenvalue weighted by Crippen LogP contribution is -2.60. The molecule has 3 fully saturated rings. The van der Waals surface area contributed by atoms with Gasteiger partial charge in [-0.3, -0.25) is 9.69 Å². The molecule has 0 aromatic carbocycles. The van der Waals surface area contributed by atoms with Crippen LogP contribution in [0.25, 0.3) is 0 Å². The second kappa shape index (κ2) is 7.99. The second-order valence-corrected chi connectivity index (χ2v) is 6.94. The van der Waals surface area contributed by atoms with E-state index < -0.39 is 24.7 Å². The predicted octanol–water partition coefficient (Wildman–Crippen LogP) is 0.610. The first-order chi connectivity index (χ1) is 12.3. The SMILES string of the molecule is O=C1[C@H](N2CCN(C(=O)N3CCOCC3)CC2)CCCN1CC(F)(F)F. The summed E-state index contributed by atoms with van der Waals surface area (Å²) in [5, 5.41) is 0. The highest BCUT2D eigenvalue weighted by atomic mass is 19.4. The fourth-order valence-electron chi connectivity index (χ4n) is 3.81. The lowest BCUT2D eigenvalue weighted by atomic mass is 10.0. The molecule has 3 aliphatic rings. The fourth-order valence-corrected chi connectivity index (χ4v) is 3.81. The van der Waals surface area contributed by atoms with Gasteiger partial charge >= 0.3 is 12.2 Å². The molecule has 3 amide bonds. The molecular formula is C16H25F3N4O3. The van der Waals surface area contributed by atoms with Crippen LogP contribution in [-0.2, 0) is 9.53 Å². The smallest absolute Gasteiger partial charge is 0.378 e. The lowest BCUT2D eigenvalue weighted by Gasteiger charge is -2.43. The van der Waals surface area contributed by atoms with Crippen LogP contribution in [0.15, 0.2) is 0 Å². The quantitative estimate of drug-likeness (QED) is 0.707. The number of piperazine rings is 1. The van der Waals surface area contributed by atoms with E-state index in [2.05, 4.69) is 0 Å². The van der Waals surface area contributed by atoms with E-state index in [9.17, 15) is 22.8 Å². The van der Waals surface area contributed by atoms with Crippen molar-refractivity contribution in [2.75, 3.05) is 65.6 Å². The van der Waals surface area contributed by atoms with Crippen LogP contribution in [0.4, 0.5) is 18.0 Å². The van der Waals surface area contributed by atoms with Crippen molar-refractivity contribution in [3.63, 3.8) is 0 Å². The van der Waals surface area contributed by atoms with Gasteiger partial charge in [-0.05, 0) is 12.8 Å². The van der Waals surface area contributed by atoms with Crippen LogP contribution in [0, 0.1) is 0 Å². The molecule has 148 valence electrons. The Morgan fingerprint density at radius 1 is 1.00 bits per heavy atom. The first-order valence-corrected chi connectivity index (χ1v) is 9.06. The summed E-state index contributed by atoms with van der Waals surface area (Å²) in [6.07, 6.45) is -3.23. The topological polar surface area (TPSA) is 56.3 Å². The third-order valence-corrected chi connectivity index (χ3v) is 5.18. The number of likely N-dealkylation sites (tertiary alicyclic amines) is 1. The van der Waals surface area contributed by atoms with Crippen molar-refractivity contribution in [2.24, 2.45) is 0 Å². The van der Waals surface area contributed by atoms with Gasteiger partial charge < -0.3 is 19.4 Å². The van der Waals surface area contributed by atoms with Crippen LogP contribution in [0.1, 0.15) is 12.8 Å². The Bertz CT molecular complexity index is 517. The summed E-state index contributed by atoms with van der Waals surface area (Å²) >= 11 is 0. The van der Waals surface area contributed by atoms with Crippen molar-refractivity contribution in [3.8, 4) is 0 Å². The molecule has 26 heavy (non-hydrogen) atoms. The molecule has 0 aromatic heterocycles. The maximum atomic E-state index is 12.6. The number of carbonyl (C=O) groups is 2. The van der Waals surface area contributed by atoms with Crippen molar-refractivity contribution < 1.29 is 27.5 Å². The monoisotopic (exact) mass is 378 g/mol. The summed E-state index contributed by atoms with van der Waals surface area (Å²) in [4.78, 5) is 31.3. The van der Waals surface area contributed by atoms with Crippen LogP contribution < -0.4 is 0 Å². The average molecular weight is 378 g/mol. The zero-order valence-corrected chi connectivity index (χ0v) is 14.7. The molecule has 0 saturated carbocycles. The van der Waals surface area contributed by atoms with E-state index in [-0.39, 0.29) is 12.6 Å². The number of hydrogen-bond donors (Lipinski definition) is 0. The maximum absolute atomic E-state index is 12.6. The Morgan fingerprint density at radius 2 is 1.62 bits per heavy atom. The van der Waals surface area contributed by atoms with E-state index in [0.717, 1.165) is 4.90 Å². The Kier molecular flexibility index (Phi) is 5.91. The number of rotatable bonds is 2. The molecule has 0 aliphatic carbocycles. The van der Waals surface area contributed by atoms with E-state index in [1.807, 2.05) is 4.90 Å². The summed E-state index contributed by atoms with van der Waals surface area (Å²) in [5.74, 6) is -0.443. The van der Waals surface area contributed by atoms with Crippen LogP contribution >= 0.6 is 0 Å². The van der Waals surface area contributed by atoms with Crippen LogP contribution in [0.5, 0.6) is 0 Å². The first-order valence-electron chi connectivity index (χ1n) is 9.06. The van der Waals surface area contributed by atoms with E-state index in [0.29, 0.717) is 65.3 Å². The lowest BCUT2D eigenvalue weighted by molar-refractivity contribution is -0.168. The largest absolute Gasteiger partial charge is 0.406 e. The molecule has 0 bridgehead atoms. The summed E-state index contributed by atoms with van der Waals surface area (Å²) in [6.45, 7) is 3.19. The molecule has 3 saturated heterocycles. The van der Waals surface area contributed by atoms with Crippen LogP contribution in [0.3, 0.4) is 0 Å². The van der Waals surface area contributed by atoms with Crippen LogP contribution in [-0.4, -0.2) is 109 Å². The number of ether oxygens (including phenoxy) is 1. The Balaban J connectivity index is 1.52. The number of piperidine rings is 1. The van der Waals surface area contributed by atoms with Crippen molar-refractivity contribution >= 4 is 11.9 Å². The van der Waals surface area contributed by atoms with E-state index in [1.165, 1.54) is 0 Å². The Morgan fingerprint density at radius 3 is 2.23 bits per heavy atom. The van der Waals surface area contributed by atoms with Gasteiger partial charge in [0.05, 0.1) is 19.3 Å². The van der Waals surface area contributed by atoms with Gasteiger partial charge in [-0.25, -0.2) is 4.79 Å². The van der Waals surface area contributed by atoms with E-state index in [1.54, 1.807) is 9.80 Å². The molecular weight excluding hydrogens is 353 g/mol. The number of morpholine rings is 1. The minimum absolute atomic E-state index is 0.0263. The van der Waals surface area contributed by atoms with Crippen molar-refractivity contribution in [2.45, 2.75) is 25.1 Å². The number of nitrogens with zero attached hydrogens (tertiary/aromatic N) is 4. The number of carbonyl (C=O) groups excluding carboxylic acids is 2. The molecule has 3 aliphatic heterocycles. The van der Waals surface area contributed by atoms with Gasteiger partial charge in [0, 0.05) is 45.8 Å². The minimum Gasteiger partial charge on any atom is -0.378 e. The summed E-state index contributed by atoms with van der Waals surface area (Å²) in [7, 11) is 0. The zero-order valence-electron chi connectivity index (χ0n) is 14.7. The molecule has 0 aromatic rings. The standard InChI is InChI=1S/C16H25F3N4O3/c17-16(18,19)12-23-3-1-2-13(14(23)24)20-4-6-21(7-5-20)15(25)22-8-10-26-11-9-22/h13H,1-12H2/t13-/m1/s1. The third kappa shape index (κ3) is 4.59. The highest BCUT2D eigenvalue weighted by Crippen LogP contribution is 2.24.